The van der Waals surface area contributed by atoms with Crippen molar-refractivity contribution >= 4 is 5.91 Å². The summed E-state index contributed by atoms with van der Waals surface area (Å²) in [7, 11) is 0. The van der Waals surface area contributed by atoms with Gasteiger partial charge in [-0.05, 0) is 37.6 Å². The predicted octanol–water partition coefficient (Wildman–Crippen LogP) is 1.55. The van der Waals surface area contributed by atoms with E-state index in [1.807, 2.05) is 6.07 Å². The molecule has 0 aromatic carbocycles. The van der Waals surface area contributed by atoms with Crippen LogP contribution in [0.15, 0.2) is 41.1 Å². The molecular formula is C15H18N2O3. The minimum absolute atomic E-state index is 0.0963. The molecule has 5 nitrogen and oxygen atoms in total. The number of nitrogens with zero attached hydrogens (tertiary/aromatic N) is 1. The van der Waals surface area contributed by atoms with Crippen LogP contribution in [0.5, 0.6) is 0 Å². The topological polar surface area (TPSA) is 75.4 Å². The van der Waals surface area contributed by atoms with Gasteiger partial charge in [-0.15, -0.1) is 0 Å². The van der Waals surface area contributed by atoms with Crippen LogP contribution in [0.25, 0.3) is 0 Å². The minimum Gasteiger partial charge on any atom is -0.463 e. The Labute approximate surface area is 117 Å². The molecule has 106 valence electrons. The van der Waals surface area contributed by atoms with E-state index < -0.39 is 5.60 Å². The number of carbonyl (C=O) groups is 1. The number of rotatable bonds is 5. The normalized spacial score (nSPS) is 13.8. The molecule has 1 amide bonds. The molecule has 1 unspecified atom stereocenters. The maximum absolute atomic E-state index is 11.8. The summed E-state index contributed by atoms with van der Waals surface area (Å²) in [5.41, 5.74) is -0.391. The Bertz CT molecular complexity index is 576. The third-order valence-electron chi connectivity index (χ3n) is 2.99. The largest absolute Gasteiger partial charge is 0.463 e. The average molecular weight is 274 g/mol. The summed E-state index contributed by atoms with van der Waals surface area (Å²) in [4.78, 5) is 15.8. The smallest absolute Gasteiger partial charge is 0.224 e. The van der Waals surface area contributed by atoms with Crippen LogP contribution >= 0.6 is 0 Å². The number of hydrogen-bond donors (Lipinski definition) is 2. The van der Waals surface area contributed by atoms with E-state index in [1.165, 1.54) is 0 Å². The number of pyridine rings is 1. The van der Waals surface area contributed by atoms with Gasteiger partial charge in [-0.1, -0.05) is 6.07 Å². The lowest BCUT2D eigenvalue weighted by molar-refractivity contribution is -0.121. The molecule has 0 bridgehead atoms. The van der Waals surface area contributed by atoms with Crippen molar-refractivity contribution in [3.63, 3.8) is 0 Å². The zero-order valence-electron chi connectivity index (χ0n) is 11.6. The fraction of sp³-hybridized carbons (Fsp3) is 0.333. The van der Waals surface area contributed by atoms with Crippen molar-refractivity contribution in [1.82, 2.24) is 10.3 Å². The average Bonchev–Trinajstić information content (AvgIpc) is 2.85. The number of hydrogen-bond acceptors (Lipinski definition) is 4. The molecule has 5 heteroatoms. The lowest BCUT2D eigenvalue weighted by atomic mass is 10.0. The highest BCUT2D eigenvalue weighted by molar-refractivity contribution is 5.78. The zero-order chi connectivity index (χ0) is 14.6. The lowest BCUT2D eigenvalue weighted by Crippen LogP contribution is -2.39. The van der Waals surface area contributed by atoms with E-state index in [0.717, 1.165) is 11.3 Å². The number of nitrogens with one attached hydrogen (secondary N) is 1. The summed E-state index contributed by atoms with van der Waals surface area (Å²) in [5.74, 6) is 1.00. The Hall–Kier alpha value is -2.14. The van der Waals surface area contributed by atoms with Crippen molar-refractivity contribution in [2.75, 3.05) is 6.54 Å². The second-order valence-corrected chi connectivity index (χ2v) is 5.00. The molecule has 20 heavy (non-hydrogen) atoms. The van der Waals surface area contributed by atoms with Gasteiger partial charge in [0.2, 0.25) is 5.91 Å². The van der Waals surface area contributed by atoms with Gasteiger partial charge in [-0.3, -0.25) is 9.78 Å². The maximum atomic E-state index is 11.8. The van der Waals surface area contributed by atoms with Gasteiger partial charge in [0.05, 0.1) is 13.0 Å². The lowest BCUT2D eigenvalue weighted by Gasteiger charge is -2.21. The van der Waals surface area contributed by atoms with Crippen molar-refractivity contribution in [1.29, 1.82) is 0 Å². The zero-order valence-corrected chi connectivity index (χ0v) is 11.6. The first-order chi connectivity index (χ1) is 9.47. The number of aliphatic hydroxyl groups is 1. The highest BCUT2D eigenvalue weighted by atomic mass is 16.4. The van der Waals surface area contributed by atoms with Gasteiger partial charge in [0.15, 0.2) is 0 Å². The molecule has 0 aliphatic carbocycles. The fourth-order valence-corrected chi connectivity index (χ4v) is 1.83. The van der Waals surface area contributed by atoms with E-state index in [1.54, 1.807) is 44.4 Å². The Kier molecular flexibility index (Phi) is 4.20. The van der Waals surface area contributed by atoms with E-state index in [4.69, 9.17) is 4.42 Å². The van der Waals surface area contributed by atoms with Gasteiger partial charge >= 0.3 is 0 Å². The minimum atomic E-state index is -1.22. The maximum Gasteiger partial charge on any atom is 0.224 e. The first-order valence-electron chi connectivity index (χ1n) is 6.42. The van der Waals surface area contributed by atoms with Gasteiger partial charge in [0.1, 0.15) is 17.1 Å². The van der Waals surface area contributed by atoms with E-state index in [9.17, 15) is 9.90 Å². The van der Waals surface area contributed by atoms with Crippen molar-refractivity contribution in [2.45, 2.75) is 25.9 Å². The Balaban J connectivity index is 1.89. The summed E-state index contributed by atoms with van der Waals surface area (Å²) < 4.78 is 5.39. The number of carbonyl (C=O) groups excluding carboxylic acids is 1. The van der Waals surface area contributed by atoms with Crippen LogP contribution < -0.4 is 5.32 Å². The van der Waals surface area contributed by atoms with Crippen molar-refractivity contribution in [3.8, 4) is 0 Å². The molecule has 2 rings (SSSR count). The first-order valence-corrected chi connectivity index (χ1v) is 6.42. The Morgan fingerprint density at radius 1 is 1.45 bits per heavy atom. The van der Waals surface area contributed by atoms with E-state index in [-0.39, 0.29) is 18.9 Å². The van der Waals surface area contributed by atoms with Gasteiger partial charge in [0, 0.05) is 12.4 Å². The second kappa shape index (κ2) is 5.88. The third kappa shape index (κ3) is 3.68. The van der Waals surface area contributed by atoms with Crippen LogP contribution in [0.2, 0.25) is 0 Å². The van der Waals surface area contributed by atoms with Crippen LogP contribution in [0, 0.1) is 6.92 Å². The van der Waals surface area contributed by atoms with E-state index >= 15 is 0 Å². The van der Waals surface area contributed by atoms with Gasteiger partial charge in [-0.2, -0.15) is 0 Å². The molecular weight excluding hydrogens is 256 g/mol. The van der Waals surface area contributed by atoms with Crippen molar-refractivity contribution in [2.24, 2.45) is 0 Å². The van der Waals surface area contributed by atoms with Crippen LogP contribution in [-0.2, 0) is 16.8 Å². The van der Waals surface area contributed by atoms with Crippen LogP contribution in [-0.4, -0.2) is 22.5 Å². The Morgan fingerprint density at radius 2 is 2.25 bits per heavy atom. The molecule has 2 aromatic heterocycles. The molecule has 0 aliphatic rings. The number of aryl methyl sites for hydroxylation is 1. The predicted molar refractivity (Wildman–Crippen MR) is 74.0 cm³/mol. The number of amides is 1. The van der Waals surface area contributed by atoms with Crippen LogP contribution in [0.4, 0.5) is 0 Å². The summed E-state index contributed by atoms with van der Waals surface area (Å²) >= 11 is 0. The molecule has 0 saturated carbocycles. The first kappa shape index (κ1) is 14.3. The molecule has 0 saturated heterocycles. The SMILES string of the molecule is Cc1ccc(C(C)(O)CNC(=O)Cc2cccnc2)o1. The highest BCUT2D eigenvalue weighted by Gasteiger charge is 2.27. The third-order valence-corrected chi connectivity index (χ3v) is 2.99. The van der Waals surface area contributed by atoms with Gasteiger partial charge in [-0.25, -0.2) is 0 Å². The molecule has 2 aromatic rings. The van der Waals surface area contributed by atoms with E-state index in [0.29, 0.717) is 5.76 Å². The summed E-state index contributed by atoms with van der Waals surface area (Å²) in [6.07, 6.45) is 3.54. The molecule has 0 radical (unpaired) electrons. The Morgan fingerprint density at radius 3 is 2.85 bits per heavy atom. The fourth-order valence-electron chi connectivity index (χ4n) is 1.83. The molecule has 1 atom stereocenters. The number of furan rings is 1. The van der Waals surface area contributed by atoms with Crippen LogP contribution in [0.3, 0.4) is 0 Å². The summed E-state index contributed by atoms with van der Waals surface area (Å²) in [6.45, 7) is 3.51. The molecule has 0 aliphatic heterocycles. The summed E-state index contributed by atoms with van der Waals surface area (Å²) in [6, 6.07) is 7.11. The standard InChI is InChI=1S/C15H18N2O3/c1-11-5-6-13(20-11)15(2,19)10-17-14(18)8-12-4-3-7-16-9-12/h3-7,9,19H,8,10H2,1-2H3,(H,17,18). The van der Waals surface area contributed by atoms with Gasteiger partial charge in [0.25, 0.3) is 0 Å². The second-order valence-electron chi connectivity index (χ2n) is 5.00. The van der Waals surface area contributed by atoms with Crippen molar-refractivity contribution in [3.05, 3.63) is 53.7 Å². The molecule has 0 fully saturated rings. The molecule has 2 N–H and O–H groups in total. The highest BCUT2D eigenvalue weighted by Crippen LogP contribution is 2.21. The summed E-state index contributed by atoms with van der Waals surface area (Å²) in [5, 5.41) is 13.0. The number of aromatic nitrogens is 1. The molecule has 2 heterocycles. The van der Waals surface area contributed by atoms with Crippen LogP contribution in [0.1, 0.15) is 24.0 Å². The monoisotopic (exact) mass is 274 g/mol. The van der Waals surface area contributed by atoms with E-state index in [2.05, 4.69) is 10.3 Å². The molecule has 0 spiro atoms. The quantitative estimate of drug-likeness (QED) is 0.867. The van der Waals surface area contributed by atoms with Crippen molar-refractivity contribution < 1.29 is 14.3 Å². The van der Waals surface area contributed by atoms with Gasteiger partial charge < -0.3 is 14.8 Å².